The van der Waals surface area contributed by atoms with Gasteiger partial charge in [0, 0.05) is 12.6 Å². The van der Waals surface area contributed by atoms with E-state index in [1.165, 1.54) is 44.9 Å². The zero-order valence-corrected chi connectivity index (χ0v) is 12.3. The molecule has 0 aliphatic carbocycles. The van der Waals surface area contributed by atoms with E-state index in [2.05, 4.69) is 12.2 Å². The number of hydrogen-bond donors (Lipinski definition) is 2. The van der Waals surface area contributed by atoms with Crippen LogP contribution >= 0.6 is 0 Å². The number of carbonyl (C=O) groups excluding carboxylic acids is 1. The molecular weight excluding hydrogens is 240 g/mol. The molecule has 19 heavy (non-hydrogen) atoms. The van der Waals surface area contributed by atoms with Gasteiger partial charge in [0.15, 0.2) is 0 Å². The van der Waals surface area contributed by atoms with Crippen LogP contribution in [0, 0.1) is 5.92 Å². The smallest absolute Gasteiger partial charge is 0.227 e. The molecule has 1 fully saturated rings. The van der Waals surface area contributed by atoms with Crippen molar-refractivity contribution in [3.05, 3.63) is 0 Å². The first kappa shape index (κ1) is 16.4. The molecule has 112 valence electrons. The summed E-state index contributed by atoms with van der Waals surface area (Å²) in [6.45, 7) is 4.00. The van der Waals surface area contributed by atoms with Crippen molar-refractivity contribution >= 4 is 5.91 Å². The van der Waals surface area contributed by atoms with Crippen LogP contribution < -0.4 is 11.1 Å². The van der Waals surface area contributed by atoms with Gasteiger partial charge in [0.2, 0.25) is 5.91 Å². The van der Waals surface area contributed by atoms with Crippen LogP contribution in [-0.4, -0.2) is 31.7 Å². The topological polar surface area (TPSA) is 64.3 Å². The molecule has 2 unspecified atom stereocenters. The van der Waals surface area contributed by atoms with E-state index in [1.807, 2.05) is 0 Å². The second kappa shape index (κ2) is 10.2. The molecule has 0 aromatic carbocycles. The first-order valence-corrected chi connectivity index (χ1v) is 7.86. The van der Waals surface area contributed by atoms with Gasteiger partial charge in [-0.3, -0.25) is 4.79 Å². The lowest BCUT2D eigenvalue weighted by Crippen LogP contribution is -2.41. The van der Waals surface area contributed by atoms with Gasteiger partial charge in [-0.05, 0) is 6.42 Å². The minimum absolute atomic E-state index is 0.0629. The minimum atomic E-state index is -0.144. The van der Waals surface area contributed by atoms with Gasteiger partial charge in [0.25, 0.3) is 0 Å². The van der Waals surface area contributed by atoms with Crippen molar-refractivity contribution < 1.29 is 9.53 Å². The van der Waals surface area contributed by atoms with Crippen molar-refractivity contribution in [3.8, 4) is 0 Å². The molecule has 1 amide bonds. The van der Waals surface area contributed by atoms with Gasteiger partial charge < -0.3 is 15.8 Å². The van der Waals surface area contributed by atoms with Crippen LogP contribution in [0.1, 0.15) is 58.3 Å². The highest BCUT2D eigenvalue weighted by Crippen LogP contribution is 2.12. The van der Waals surface area contributed by atoms with Gasteiger partial charge in [-0.1, -0.05) is 51.9 Å². The number of hydrogen-bond acceptors (Lipinski definition) is 3. The molecule has 1 heterocycles. The van der Waals surface area contributed by atoms with Crippen LogP contribution in [0.15, 0.2) is 0 Å². The van der Waals surface area contributed by atoms with Crippen molar-refractivity contribution in [2.24, 2.45) is 11.7 Å². The van der Waals surface area contributed by atoms with Crippen molar-refractivity contribution in [1.29, 1.82) is 0 Å². The number of ether oxygens (including phenoxy) is 1. The number of unbranched alkanes of at least 4 members (excludes halogenated alkanes) is 7. The molecule has 1 saturated heterocycles. The quantitative estimate of drug-likeness (QED) is 0.598. The van der Waals surface area contributed by atoms with Crippen molar-refractivity contribution in [1.82, 2.24) is 5.32 Å². The molecule has 0 aromatic rings. The number of nitrogens with one attached hydrogen (secondary N) is 1. The van der Waals surface area contributed by atoms with Crippen LogP contribution in [0.3, 0.4) is 0 Å². The molecule has 2 atom stereocenters. The Hall–Kier alpha value is -0.610. The third kappa shape index (κ3) is 6.92. The van der Waals surface area contributed by atoms with Gasteiger partial charge in [0.1, 0.15) is 0 Å². The standard InChI is InChI=1S/C15H30N2O2/c1-2-3-4-5-6-7-8-9-10-17-15(18)13-11-19-12-14(13)16/h13-14H,2-12,16H2,1H3,(H,17,18). The van der Waals surface area contributed by atoms with Crippen LogP contribution in [0.4, 0.5) is 0 Å². The fourth-order valence-electron chi connectivity index (χ4n) is 2.44. The van der Waals surface area contributed by atoms with E-state index in [1.54, 1.807) is 0 Å². The zero-order valence-electron chi connectivity index (χ0n) is 12.3. The average molecular weight is 270 g/mol. The maximum atomic E-state index is 11.8. The van der Waals surface area contributed by atoms with Gasteiger partial charge >= 0.3 is 0 Å². The molecule has 1 rings (SSSR count). The number of amides is 1. The van der Waals surface area contributed by atoms with E-state index in [9.17, 15) is 4.79 Å². The van der Waals surface area contributed by atoms with Crippen LogP contribution in [0.25, 0.3) is 0 Å². The summed E-state index contributed by atoms with van der Waals surface area (Å²) in [4.78, 5) is 11.8. The number of carbonyl (C=O) groups is 1. The van der Waals surface area contributed by atoms with E-state index >= 15 is 0 Å². The van der Waals surface area contributed by atoms with Crippen molar-refractivity contribution in [2.75, 3.05) is 19.8 Å². The number of rotatable bonds is 10. The van der Waals surface area contributed by atoms with Gasteiger partial charge in [-0.15, -0.1) is 0 Å². The Labute approximate surface area is 117 Å². The van der Waals surface area contributed by atoms with Gasteiger partial charge in [-0.2, -0.15) is 0 Å². The Balaban J connectivity index is 1.89. The highest BCUT2D eigenvalue weighted by molar-refractivity contribution is 5.79. The Morgan fingerprint density at radius 2 is 1.74 bits per heavy atom. The lowest BCUT2D eigenvalue weighted by molar-refractivity contribution is -0.125. The molecule has 4 nitrogen and oxygen atoms in total. The van der Waals surface area contributed by atoms with Gasteiger partial charge in [0.05, 0.1) is 19.1 Å². The van der Waals surface area contributed by atoms with Crippen LogP contribution in [0.2, 0.25) is 0 Å². The van der Waals surface area contributed by atoms with Crippen molar-refractivity contribution in [3.63, 3.8) is 0 Å². The predicted octanol–water partition coefficient (Wildman–Crippen LogP) is 2.22. The summed E-state index contributed by atoms with van der Waals surface area (Å²) in [7, 11) is 0. The summed E-state index contributed by atoms with van der Waals surface area (Å²) < 4.78 is 5.20. The van der Waals surface area contributed by atoms with Crippen molar-refractivity contribution in [2.45, 2.75) is 64.3 Å². The van der Waals surface area contributed by atoms with Crippen LogP contribution in [0.5, 0.6) is 0 Å². The molecule has 0 spiro atoms. The maximum absolute atomic E-state index is 11.8. The molecule has 1 aliphatic heterocycles. The third-order valence-corrected chi connectivity index (χ3v) is 3.79. The molecule has 4 heteroatoms. The molecule has 0 saturated carbocycles. The molecule has 0 radical (unpaired) electrons. The Morgan fingerprint density at radius 1 is 1.11 bits per heavy atom. The maximum Gasteiger partial charge on any atom is 0.227 e. The fourth-order valence-corrected chi connectivity index (χ4v) is 2.44. The average Bonchev–Trinajstić information content (AvgIpc) is 2.83. The first-order valence-electron chi connectivity index (χ1n) is 7.86. The number of nitrogens with two attached hydrogens (primary N) is 1. The SMILES string of the molecule is CCCCCCCCCCNC(=O)C1COCC1N. The van der Waals surface area contributed by atoms with E-state index < -0.39 is 0 Å². The van der Waals surface area contributed by atoms with E-state index in [4.69, 9.17) is 10.5 Å². The summed E-state index contributed by atoms with van der Waals surface area (Å²) in [6.07, 6.45) is 10.3. The Bertz CT molecular complexity index is 246. The fraction of sp³-hybridized carbons (Fsp3) is 0.933. The molecule has 0 aromatic heterocycles. The lowest BCUT2D eigenvalue weighted by atomic mass is 10.0. The van der Waals surface area contributed by atoms with Gasteiger partial charge in [-0.25, -0.2) is 0 Å². The minimum Gasteiger partial charge on any atom is -0.379 e. The monoisotopic (exact) mass is 270 g/mol. The summed E-state index contributed by atoms with van der Waals surface area (Å²) in [5.74, 6) is -0.0815. The Kier molecular flexibility index (Phi) is 8.84. The second-order valence-corrected chi connectivity index (χ2v) is 5.57. The summed E-state index contributed by atoms with van der Waals surface area (Å²) >= 11 is 0. The normalized spacial score (nSPS) is 22.6. The summed E-state index contributed by atoms with van der Waals surface area (Å²) in [6, 6.07) is -0.126. The molecular formula is C15H30N2O2. The zero-order chi connectivity index (χ0) is 13.9. The lowest BCUT2D eigenvalue weighted by Gasteiger charge is -2.13. The molecule has 3 N–H and O–H groups in total. The summed E-state index contributed by atoms with van der Waals surface area (Å²) in [5.41, 5.74) is 5.80. The largest absolute Gasteiger partial charge is 0.379 e. The third-order valence-electron chi connectivity index (χ3n) is 3.79. The van der Waals surface area contributed by atoms with E-state index in [-0.39, 0.29) is 17.9 Å². The molecule has 0 bridgehead atoms. The second-order valence-electron chi connectivity index (χ2n) is 5.57. The Morgan fingerprint density at radius 3 is 2.32 bits per heavy atom. The highest BCUT2D eigenvalue weighted by Gasteiger charge is 2.30. The van der Waals surface area contributed by atoms with E-state index in [0.717, 1.165) is 13.0 Å². The van der Waals surface area contributed by atoms with Crippen LogP contribution in [-0.2, 0) is 9.53 Å². The first-order chi connectivity index (χ1) is 9.25. The highest BCUT2D eigenvalue weighted by atomic mass is 16.5. The summed E-state index contributed by atoms with van der Waals surface area (Å²) in [5, 5.41) is 2.97. The molecule has 1 aliphatic rings. The predicted molar refractivity (Wildman–Crippen MR) is 77.9 cm³/mol. The van der Waals surface area contributed by atoms with E-state index in [0.29, 0.717) is 13.2 Å².